The number of unbranched alkanes of at least 4 members (excludes halogenated alkanes) is 1. The number of alkyl carbamates (subject to hydrolysis) is 1. The molecule has 0 heterocycles. The second kappa shape index (κ2) is 11.0. The largest absolute Gasteiger partial charge is 0.444 e. The van der Waals surface area contributed by atoms with Gasteiger partial charge in [-0.05, 0) is 45.6 Å². The van der Waals surface area contributed by atoms with Crippen molar-refractivity contribution in [2.45, 2.75) is 77.5 Å². The summed E-state index contributed by atoms with van der Waals surface area (Å²) >= 11 is 0. The monoisotopic (exact) mass is 363 g/mol. The first kappa shape index (κ1) is 22.2. The molecule has 3 unspecified atom stereocenters. The Hall–Kier alpha value is -1.88. The molecule has 1 rings (SSSR count). The highest BCUT2D eigenvalue weighted by molar-refractivity contribution is 5.68. The van der Waals surface area contributed by atoms with Crippen molar-refractivity contribution >= 4 is 12.4 Å². The molecule has 0 aliphatic carbocycles. The molecule has 0 saturated heterocycles. The highest BCUT2D eigenvalue weighted by Crippen LogP contribution is 2.17. The smallest absolute Gasteiger partial charge is 0.407 e. The third-order valence-corrected chi connectivity index (χ3v) is 4.13. The van der Waals surface area contributed by atoms with E-state index in [1.165, 1.54) is 0 Å². The Labute approximate surface area is 157 Å². The Kier molecular flexibility index (Phi) is 9.35. The Balaban J connectivity index is 2.81. The number of nitrogens with one attached hydrogen (secondary N) is 1. The first-order valence-electron chi connectivity index (χ1n) is 9.42. The topological polar surface area (TPSA) is 75.6 Å². The summed E-state index contributed by atoms with van der Waals surface area (Å²) in [6.45, 7) is 7.45. The van der Waals surface area contributed by atoms with Crippen LogP contribution >= 0.6 is 0 Å². The lowest BCUT2D eigenvalue weighted by atomic mass is 9.91. The molecule has 0 bridgehead atoms. The fraction of sp³-hybridized carbons (Fsp3) is 0.619. The number of carbonyl (C=O) groups is 2. The molecule has 5 nitrogen and oxygen atoms in total. The maximum absolute atomic E-state index is 12.2. The van der Waals surface area contributed by atoms with Gasteiger partial charge in [-0.3, -0.25) is 0 Å². The highest BCUT2D eigenvalue weighted by Gasteiger charge is 2.27. The van der Waals surface area contributed by atoms with Crippen LogP contribution in [0.4, 0.5) is 4.79 Å². The van der Waals surface area contributed by atoms with Gasteiger partial charge < -0.3 is 20.0 Å². The number of amides is 1. The highest BCUT2D eigenvalue weighted by atomic mass is 16.6. The summed E-state index contributed by atoms with van der Waals surface area (Å²) in [4.78, 5) is 23.5. The van der Waals surface area contributed by atoms with E-state index in [9.17, 15) is 14.7 Å². The molecule has 146 valence electrons. The van der Waals surface area contributed by atoms with Gasteiger partial charge in [0.25, 0.3) is 0 Å². The molecule has 0 saturated carbocycles. The zero-order valence-corrected chi connectivity index (χ0v) is 16.4. The Bertz CT molecular complexity index is 539. The number of benzene rings is 1. The van der Waals surface area contributed by atoms with E-state index in [2.05, 4.69) is 12.2 Å². The summed E-state index contributed by atoms with van der Waals surface area (Å²) in [6.07, 6.45) is 3.02. The predicted octanol–water partition coefficient (Wildman–Crippen LogP) is 3.88. The van der Waals surface area contributed by atoms with Gasteiger partial charge in [0.05, 0.1) is 12.1 Å². The fourth-order valence-electron chi connectivity index (χ4n) is 2.79. The molecule has 0 aromatic heterocycles. The first-order chi connectivity index (χ1) is 12.2. The lowest BCUT2D eigenvalue weighted by Crippen LogP contribution is -2.47. The van der Waals surface area contributed by atoms with Crippen molar-refractivity contribution in [1.29, 1.82) is 0 Å². The molecule has 3 atom stereocenters. The second-order valence-electron chi connectivity index (χ2n) is 7.78. The van der Waals surface area contributed by atoms with E-state index in [0.717, 1.165) is 31.1 Å². The Morgan fingerprint density at radius 3 is 2.46 bits per heavy atom. The van der Waals surface area contributed by atoms with Gasteiger partial charge in [-0.25, -0.2) is 4.79 Å². The van der Waals surface area contributed by atoms with Crippen LogP contribution < -0.4 is 5.32 Å². The quantitative estimate of drug-likeness (QED) is 0.619. The van der Waals surface area contributed by atoms with Gasteiger partial charge in [0.2, 0.25) is 0 Å². The van der Waals surface area contributed by atoms with Gasteiger partial charge in [0.1, 0.15) is 11.9 Å². The predicted molar refractivity (Wildman–Crippen MR) is 103 cm³/mol. The van der Waals surface area contributed by atoms with Gasteiger partial charge in [-0.2, -0.15) is 0 Å². The van der Waals surface area contributed by atoms with Crippen LogP contribution in [0.1, 0.15) is 58.9 Å². The first-order valence-corrected chi connectivity index (χ1v) is 9.42. The molecule has 5 heteroatoms. The number of hydrogen-bond acceptors (Lipinski definition) is 4. The molecule has 0 fully saturated rings. The minimum absolute atomic E-state index is 0.205. The minimum atomic E-state index is -0.824. The van der Waals surface area contributed by atoms with Crippen LogP contribution in [0.3, 0.4) is 0 Å². The average molecular weight is 363 g/mol. The summed E-state index contributed by atoms with van der Waals surface area (Å²) in [5, 5.41) is 13.5. The van der Waals surface area contributed by atoms with E-state index in [1.807, 2.05) is 30.3 Å². The van der Waals surface area contributed by atoms with E-state index >= 15 is 0 Å². The summed E-state index contributed by atoms with van der Waals surface area (Å²) in [5.41, 5.74) is 0.391. The zero-order valence-electron chi connectivity index (χ0n) is 16.4. The zero-order chi connectivity index (χ0) is 19.6. The van der Waals surface area contributed by atoms with E-state index in [4.69, 9.17) is 4.74 Å². The van der Waals surface area contributed by atoms with E-state index in [0.29, 0.717) is 12.8 Å². The van der Waals surface area contributed by atoms with Crippen LogP contribution in [0, 0.1) is 5.92 Å². The van der Waals surface area contributed by atoms with Crippen LogP contribution in [0.15, 0.2) is 30.3 Å². The maximum Gasteiger partial charge on any atom is 0.407 e. The third-order valence-electron chi connectivity index (χ3n) is 4.13. The molecule has 26 heavy (non-hydrogen) atoms. The van der Waals surface area contributed by atoms with Gasteiger partial charge >= 0.3 is 6.09 Å². The van der Waals surface area contributed by atoms with E-state index < -0.39 is 23.8 Å². The standard InChI is InChI=1S/C21H33NO4/c1-5-6-10-17(15-23)14-19(24)18(13-16-11-8-7-9-12-16)22-20(25)26-21(2,3)4/h7-9,11-12,15,17-19,24H,5-6,10,13-14H2,1-4H3,(H,22,25). The van der Waals surface area contributed by atoms with Crippen LogP contribution in [0.2, 0.25) is 0 Å². The van der Waals surface area contributed by atoms with Crippen molar-refractivity contribution in [2.75, 3.05) is 0 Å². The number of aldehydes is 1. The molecular formula is C21H33NO4. The summed E-state index contributed by atoms with van der Waals surface area (Å²) in [7, 11) is 0. The lowest BCUT2D eigenvalue weighted by molar-refractivity contribution is -0.112. The minimum Gasteiger partial charge on any atom is -0.444 e. The van der Waals surface area contributed by atoms with Gasteiger partial charge in [-0.15, -0.1) is 0 Å². The van der Waals surface area contributed by atoms with Gasteiger partial charge in [-0.1, -0.05) is 50.1 Å². The van der Waals surface area contributed by atoms with Gasteiger partial charge in [0.15, 0.2) is 0 Å². The number of ether oxygens (including phenoxy) is 1. The number of rotatable bonds is 10. The lowest BCUT2D eigenvalue weighted by Gasteiger charge is -2.28. The van der Waals surface area contributed by atoms with Gasteiger partial charge in [0, 0.05) is 5.92 Å². The van der Waals surface area contributed by atoms with Crippen LogP contribution in [0.25, 0.3) is 0 Å². The molecule has 1 aromatic rings. The molecule has 0 aliphatic rings. The third kappa shape index (κ3) is 8.99. The molecule has 0 spiro atoms. The summed E-state index contributed by atoms with van der Waals surface area (Å²) < 4.78 is 5.32. The molecule has 1 aromatic carbocycles. The fourth-order valence-corrected chi connectivity index (χ4v) is 2.79. The molecular weight excluding hydrogens is 330 g/mol. The van der Waals surface area contributed by atoms with Crippen molar-refractivity contribution in [2.24, 2.45) is 5.92 Å². The number of aliphatic hydroxyl groups is 1. The number of hydrogen-bond donors (Lipinski definition) is 2. The van der Waals surface area contributed by atoms with Crippen molar-refractivity contribution in [3.8, 4) is 0 Å². The van der Waals surface area contributed by atoms with Crippen LogP contribution in [0.5, 0.6) is 0 Å². The molecule has 1 amide bonds. The maximum atomic E-state index is 12.2. The van der Waals surface area contributed by atoms with E-state index in [-0.39, 0.29) is 5.92 Å². The van der Waals surface area contributed by atoms with Crippen LogP contribution in [-0.2, 0) is 16.0 Å². The van der Waals surface area contributed by atoms with Crippen molar-refractivity contribution in [1.82, 2.24) is 5.32 Å². The van der Waals surface area contributed by atoms with Crippen LogP contribution in [-0.4, -0.2) is 35.2 Å². The normalized spacial score (nSPS) is 15.0. The van der Waals surface area contributed by atoms with Crippen molar-refractivity contribution < 1.29 is 19.4 Å². The van der Waals surface area contributed by atoms with E-state index in [1.54, 1.807) is 20.8 Å². The summed E-state index contributed by atoms with van der Waals surface area (Å²) in [6, 6.07) is 9.14. The molecule has 2 N–H and O–H groups in total. The second-order valence-corrected chi connectivity index (χ2v) is 7.78. The molecule has 0 radical (unpaired) electrons. The van der Waals surface area contributed by atoms with Crippen molar-refractivity contribution in [3.63, 3.8) is 0 Å². The summed E-state index contributed by atoms with van der Waals surface area (Å²) in [5.74, 6) is -0.205. The SMILES string of the molecule is CCCCC(C=O)CC(O)C(Cc1ccccc1)NC(=O)OC(C)(C)C. The Morgan fingerprint density at radius 1 is 1.27 bits per heavy atom. The average Bonchev–Trinajstić information content (AvgIpc) is 2.57. The number of carbonyl (C=O) groups excluding carboxylic acids is 2. The molecule has 0 aliphatic heterocycles. The van der Waals surface area contributed by atoms with Crippen molar-refractivity contribution in [3.05, 3.63) is 35.9 Å². The number of aliphatic hydroxyl groups excluding tert-OH is 1. The Morgan fingerprint density at radius 2 is 1.92 bits per heavy atom.